The van der Waals surface area contributed by atoms with E-state index in [4.69, 9.17) is 47.5 Å². The molecule has 0 saturated carbocycles. The average Bonchev–Trinajstić information content (AvgIpc) is 3.35. The lowest BCUT2D eigenvalue weighted by atomic mass is 10.0. The van der Waals surface area contributed by atoms with Crippen molar-refractivity contribution in [3.05, 3.63) is 75.7 Å². The molecular formula is C35H37ClN2O8S2. The molecule has 0 unspecified atom stereocenters. The molecule has 1 N–H and O–H groups in total. The van der Waals surface area contributed by atoms with Crippen LogP contribution in [0.1, 0.15) is 29.3 Å². The van der Waals surface area contributed by atoms with Crippen molar-refractivity contribution in [1.82, 2.24) is 9.80 Å². The maximum atomic E-state index is 13.6. The van der Waals surface area contributed by atoms with Crippen molar-refractivity contribution in [2.24, 2.45) is 0 Å². The molecule has 2 fully saturated rings. The van der Waals surface area contributed by atoms with Gasteiger partial charge in [0.1, 0.15) is 22.4 Å². The van der Waals surface area contributed by atoms with E-state index in [-0.39, 0.29) is 18.1 Å². The van der Waals surface area contributed by atoms with Crippen LogP contribution in [0.4, 0.5) is 0 Å². The van der Waals surface area contributed by atoms with Gasteiger partial charge in [-0.05, 0) is 73.5 Å². The van der Waals surface area contributed by atoms with Crippen LogP contribution in [0.25, 0.3) is 17.2 Å². The quantitative estimate of drug-likeness (QED) is 0.106. The first-order valence-electron chi connectivity index (χ1n) is 15.6. The van der Waals surface area contributed by atoms with E-state index in [0.717, 1.165) is 36.3 Å². The van der Waals surface area contributed by atoms with Crippen LogP contribution in [-0.4, -0.2) is 97.4 Å². The topological polar surface area (TPSA) is 107 Å². The number of thioether (sulfide) groups is 1. The number of carbonyl (C=O) groups excluding carboxylic acids is 1. The van der Waals surface area contributed by atoms with Gasteiger partial charge in [0.25, 0.3) is 5.91 Å². The van der Waals surface area contributed by atoms with E-state index in [9.17, 15) is 14.7 Å². The maximum Gasteiger partial charge on any atom is 0.335 e. The van der Waals surface area contributed by atoms with Crippen molar-refractivity contribution in [2.45, 2.75) is 13.3 Å². The fourth-order valence-corrected chi connectivity index (χ4v) is 6.79. The first-order chi connectivity index (χ1) is 23.3. The second-order valence-electron chi connectivity index (χ2n) is 10.8. The van der Waals surface area contributed by atoms with Gasteiger partial charge in [-0.15, -0.1) is 0 Å². The summed E-state index contributed by atoms with van der Waals surface area (Å²) in [5, 5.41) is 9.78. The first kappa shape index (κ1) is 35.5. The van der Waals surface area contributed by atoms with Crippen molar-refractivity contribution >= 4 is 57.9 Å². The zero-order valence-electron chi connectivity index (χ0n) is 26.7. The summed E-state index contributed by atoms with van der Waals surface area (Å²) in [6.45, 7) is 7.47. The molecular weight excluding hydrogens is 676 g/mol. The summed E-state index contributed by atoms with van der Waals surface area (Å²) in [5.41, 5.74) is 2.54. The molecule has 3 aromatic carbocycles. The van der Waals surface area contributed by atoms with Crippen molar-refractivity contribution in [3.8, 4) is 34.1 Å². The molecule has 3 aromatic rings. The van der Waals surface area contributed by atoms with Crippen LogP contribution < -0.4 is 18.9 Å². The Balaban J connectivity index is 1.30. The normalized spacial score (nSPS) is 16.0. The Hall–Kier alpha value is -3.81. The minimum absolute atomic E-state index is 0.0994. The van der Waals surface area contributed by atoms with Gasteiger partial charge in [-0.2, -0.15) is 0 Å². The van der Waals surface area contributed by atoms with Gasteiger partial charge in [-0.25, -0.2) is 4.79 Å². The smallest absolute Gasteiger partial charge is 0.335 e. The lowest BCUT2D eigenvalue weighted by Crippen LogP contribution is -2.38. The van der Waals surface area contributed by atoms with E-state index < -0.39 is 5.97 Å². The lowest BCUT2D eigenvalue weighted by Gasteiger charge is -2.26. The fourth-order valence-electron chi connectivity index (χ4n) is 5.21. The Labute approximate surface area is 294 Å². The van der Waals surface area contributed by atoms with Gasteiger partial charge < -0.3 is 28.8 Å². The highest BCUT2D eigenvalue weighted by Crippen LogP contribution is 2.38. The third-order valence-corrected chi connectivity index (χ3v) is 9.39. The Morgan fingerprint density at radius 2 is 1.77 bits per heavy atom. The minimum Gasteiger partial charge on any atom is -0.494 e. The summed E-state index contributed by atoms with van der Waals surface area (Å²) in [4.78, 5) is 29.2. The summed E-state index contributed by atoms with van der Waals surface area (Å²) in [5.74, 6) is 0.828. The molecule has 48 heavy (non-hydrogen) atoms. The van der Waals surface area contributed by atoms with Gasteiger partial charge in [-0.1, -0.05) is 41.6 Å². The van der Waals surface area contributed by atoms with Gasteiger partial charge in [0.15, 0.2) is 11.5 Å². The summed E-state index contributed by atoms with van der Waals surface area (Å²) < 4.78 is 28.9. The highest BCUT2D eigenvalue weighted by Gasteiger charge is 2.32. The number of aromatic carboxylic acids is 1. The number of halogens is 1. The predicted octanol–water partition coefficient (Wildman–Crippen LogP) is 6.49. The number of methoxy groups -OCH3 is 1. The van der Waals surface area contributed by atoms with Gasteiger partial charge in [-0.3, -0.25) is 14.6 Å². The third kappa shape index (κ3) is 9.00. The standard InChI is InChI=1S/C35H37ClN2O8S2/c1-3-44-26-7-8-27(28(36)22-26)23-5-9-29(46-18-14-37-12-16-43-17-13-37)25(19-23)21-32-33(39)38(35(47)48-32)11-4-15-45-30-10-6-24(34(40)41)20-31(30)42-2/h5-10,19-22H,3-4,11-18H2,1-2H3,(H,40,41). The van der Waals surface area contributed by atoms with E-state index in [2.05, 4.69) is 4.90 Å². The molecule has 2 aliphatic heterocycles. The van der Waals surface area contributed by atoms with Crippen molar-refractivity contribution in [2.75, 3.05) is 66.3 Å². The van der Waals surface area contributed by atoms with Crippen LogP contribution in [-0.2, 0) is 9.53 Å². The highest BCUT2D eigenvalue weighted by molar-refractivity contribution is 8.26. The largest absolute Gasteiger partial charge is 0.494 e. The summed E-state index contributed by atoms with van der Waals surface area (Å²) >= 11 is 13.5. The zero-order chi connectivity index (χ0) is 34.0. The monoisotopic (exact) mass is 712 g/mol. The Morgan fingerprint density at radius 1 is 1.00 bits per heavy atom. The van der Waals surface area contributed by atoms with Gasteiger partial charge in [0.05, 0.1) is 49.0 Å². The number of benzene rings is 3. The van der Waals surface area contributed by atoms with Crippen molar-refractivity contribution in [3.63, 3.8) is 0 Å². The summed E-state index contributed by atoms with van der Waals surface area (Å²) in [7, 11) is 1.45. The van der Waals surface area contributed by atoms with Crippen LogP contribution in [0.15, 0.2) is 59.5 Å². The van der Waals surface area contributed by atoms with Crippen LogP contribution in [0, 0.1) is 0 Å². The second-order valence-corrected chi connectivity index (χ2v) is 12.9. The van der Waals surface area contributed by atoms with E-state index >= 15 is 0 Å². The van der Waals surface area contributed by atoms with Gasteiger partial charge in [0.2, 0.25) is 0 Å². The molecule has 13 heteroatoms. The fraction of sp³-hybridized carbons (Fsp3) is 0.343. The van der Waals surface area contributed by atoms with Crippen LogP contribution >= 0.6 is 35.6 Å². The Morgan fingerprint density at radius 3 is 2.50 bits per heavy atom. The number of thiocarbonyl (C=S) groups is 1. The van der Waals surface area contributed by atoms with Gasteiger partial charge >= 0.3 is 5.97 Å². The number of rotatable bonds is 15. The van der Waals surface area contributed by atoms with Crippen molar-refractivity contribution in [1.29, 1.82) is 0 Å². The van der Waals surface area contributed by atoms with Crippen LogP contribution in [0.3, 0.4) is 0 Å². The SMILES string of the molecule is CCOc1ccc(-c2ccc(OCCN3CCOCC3)c(C=C3SC(=S)N(CCCOc4ccc(C(=O)O)cc4OC)C3=O)c2)c(Cl)c1. The second kappa shape index (κ2) is 17.0. The van der Waals surface area contributed by atoms with Gasteiger partial charge in [0, 0.05) is 37.3 Å². The zero-order valence-corrected chi connectivity index (χ0v) is 29.1. The summed E-state index contributed by atoms with van der Waals surface area (Å²) in [6.07, 6.45) is 2.31. The molecule has 0 spiro atoms. The van der Waals surface area contributed by atoms with Crippen LogP contribution in [0.2, 0.25) is 5.02 Å². The van der Waals surface area contributed by atoms with E-state index in [1.54, 1.807) is 17.0 Å². The molecule has 0 radical (unpaired) electrons. The predicted molar refractivity (Wildman–Crippen MR) is 191 cm³/mol. The van der Waals surface area contributed by atoms with E-state index in [0.29, 0.717) is 76.6 Å². The molecule has 0 aliphatic carbocycles. The Kier molecular flexibility index (Phi) is 12.6. The van der Waals surface area contributed by atoms with E-state index in [1.165, 1.54) is 31.0 Å². The highest BCUT2D eigenvalue weighted by atomic mass is 35.5. The van der Waals surface area contributed by atoms with Crippen molar-refractivity contribution < 1.29 is 38.4 Å². The molecule has 2 aliphatic rings. The molecule has 5 rings (SSSR count). The number of ether oxygens (including phenoxy) is 5. The molecule has 0 bridgehead atoms. The number of morpholine rings is 1. The molecule has 254 valence electrons. The first-order valence-corrected chi connectivity index (χ1v) is 17.2. The number of hydrogen-bond donors (Lipinski definition) is 1. The molecule has 0 atom stereocenters. The Bertz CT molecular complexity index is 1680. The number of amides is 1. The molecule has 2 saturated heterocycles. The number of carbonyl (C=O) groups is 2. The third-order valence-electron chi connectivity index (χ3n) is 7.70. The molecule has 10 nitrogen and oxygen atoms in total. The molecule has 0 aromatic heterocycles. The summed E-state index contributed by atoms with van der Waals surface area (Å²) in [6, 6.07) is 15.8. The number of nitrogens with zero attached hydrogens (tertiary/aromatic N) is 2. The lowest BCUT2D eigenvalue weighted by molar-refractivity contribution is -0.122. The number of carboxylic acids is 1. The molecule has 1 amide bonds. The van der Waals surface area contributed by atoms with Crippen LogP contribution in [0.5, 0.6) is 23.0 Å². The maximum absolute atomic E-state index is 13.6. The average molecular weight is 713 g/mol. The van der Waals surface area contributed by atoms with E-state index in [1.807, 2.05) is 43.3 Å². The number of hydrogen-bond acceptors (Lipinski definition) is 10. The number of carboxylic acid groups (broad SMARTS) is 1. The minimum atomic E-state index is -1.05. The molecule has 2 heterocycles.